The molecule has 31 heavy (non-hydrogen) atoms. The van der Waals surface area contributed by atoms with Gasteiger partial charge in [0.05, 0.1) is 11.4 Å². The van der Waals surface area contributed by atoms with Gasteiger partial charge in [0.25, 0.3) is 0 Å². The minimum absolute atomic E-state index is 0.761. The molecule has 0 aliphatic rings. The lowest BCUT2D eigenvalue weighted by Gasteiger charge is -2.17. The second-order valence-corrected chi connectivity index (χ2v) is 8.01. The Kier molecular flexibility index (Phi) is 5.99. The van der Waals surface area contributed by atoms with Crippen molar-refractivity contribution in [2.75, 3.05) is 10.6 Å². The van der Waals surface area contributed by atoms with Gasteiger partial charge >= 0.3 is 0 Å². The highest BCUT2D eigenvalue weighted by molar-refractivity contribution is 5.78. The molecule has 4 rings (SSSR count). The summed E-state index contributed by atoms with van der Waals surface area (Å²) in [4.78, 5) is 9.37. The van der Waals surface area contributed by atoms with Crippen LogP contribution in [0.15, 0.2) is 72.8 Å². The maximum atomic E-state index is 4.75. The molecule has 1 aromatic heterocycles. The molecule has 0 saturated heterocycles. The van der Waals surface area contributed by atoms with Crippen LogP contribution in [-0.2, 0) is 6.42 Å². The largest absolute Gasteiger partial charge is 0.354 e. The average Bonchev–Trinajstić information content (AvgIpc) is 2.75. The smallest absolute Gasteiger partial charge is 0.137 e. The minimum atomic E-state index is 0.761. The predicted octanol–water partition coefficient (Wildman–Crippen LogP) is 6.79. The fourth-order valence-corrected chi connectivity index (χ4v) is 3.58. The first kappa shape index (κ1) is 20.6. The highest BCUT2D eigenvalue weighted by atomic mass is 15.1. The van der Waals surface area contributed by atoms with Gasteiger partial charge in [0, 0.05) is 23.4 Å². The molecular weight excluding hydrogens is 380 g/mol. The number of aromatic nitrogens is 2. The molecule has 1 heterocycles. The van der Waals surface area contributed by atoms with Gasteiger partial charge in [0.2, 0.25) is 0 Å². The first-order valence-corrected chi connectivity index (χ1v) is 10.6. The minimum Gasteiger partial charge on any atom is -0.354 e. The number of nitrogens with one attached hydrogen (secondary N) is 2. The second kappa shape index (κ2) is 9.00. The Morgan fingerprint density at radius 1 is 0.645 bits per heavy atom. The van der Waals surface area contributed by atoms with Gasteiger partial charge in [-0.25, -0.2) is 9.97 Å². The maximum absolute atomic E-state index is 4.75. The molecule has 0 radical (unpaired) electrons. The fraction of sp³-hybridized carbons (Fsp3) is 0.185. The van der Waals surface area contributed by atoms with Crippen LogP contribution in [0.5, 0.6) is 0 Å². The molecule has 0 aliphatic carbocycles. The van der Waals surface area contributed by atoms with Crippen LogP contribution in [0.1, 0.15) is 33.8 Å². The quantitative estimate of drug-likeness (QED) is 0.369. The third kappa shape index (κ3) is 5.10. The van der Waals surface area contributed by atoms with Gasteiger partial charge in [-0.15, -0.1) is 0 Å². The first-order chi connectivity index (χ1) is 15.0. The van der Waals surface area contributed by atoms with Gasteiger partial charge in [0.15, 0.2) is 0 Å². The van der Waals surface area contributed by atoms with Crippen molar-refractivity contribution < 1.29 is 0 Å². The third-order valence-electron chi connectivity index (χ3n) is 5.34. The van der Waals surface area contributed by atoms with Crippen LogP contribution in [0.3, 0.4) is 0 Å². The molecule has 4 nitrogen and oxygen atoms in total. The van der Waals surface area contributed by atoms with E-state index in [9.17, 15) is 0 Å². The van der Waals surface area contributed by atoms with E-state index in [1.807, 2.05) is 19.1 Å². The summed E-state index contributed by atoms with van der Waals surface area (Å²) in [5.41, 5.74) is 8.89. The second-order valence-electron chi connectivity index (χ2n) is 8.01. The zero-order chi connectivity index (χ0) is 21.8. The van der Waals surface area contributed by atoms with Crippen molar-refractivity contribution >= 4 is 22.9 Å². The van der Waals surface area contributed by atoms with Crippen LogP contribution < -0.4 is 10.6 Å². The molecule has 0 fully saturated rings. The number of nitrogens with zero attached hydrogens (tertiary/aromatic N) is 2. The molecule has 3 aromatic carbocycles. The number of para-hydroxylation sites is 2. The van der Waals surface area contributed by atoms with Crippen molar-refractivity contribution in [2.24, 2.45) is 0 Å². The Balaban J connectivity index is 1.66. The van der Waals surface area contributed by atoms with E-state index in [4.69, 9.17) is 4.98 Å². The van der Waals surface area contributed by atoms with Gasteiger partial charge in [-0.1, -0.05) is 59.7 Å². The van der Waals surface area contributed by atoms with Gasteiger partial charge in [0.1, 0.15) is 11.6 Å². The maximum Gasteiger partial charge on any atom is 0.137 e. The number of benzene rings is 3. The summed E-state index contributed by atoms with van der Waals surface area (Å²) in [6.45, 7) is 8.19. The Labute approximate surface area is 184 Å². The predicted molar refractivity (Wildman–Crippen MR) is 130 cm³/mol. The molecule has 4 aromatic rings. The molecule has 0 bridgehead atoms. The zero-order valence-electron chi connectivity index (χ0n) is 18.5. The summed E-state index contributed by atoms with van der Waals surface area (Å²) in [7, 11) is 0. The van der Waals surface area contributed by atoms with Crippen molar-refractivity contribution in [2.45, 2.75) is 34.1 Å². The highest BCUT2D eigenvalue weighted by Gasteiger charge is 2.13. The first-order valence-electron chi connectivity index (χ1n) is 10.6. The lowest BCUT2D eigenvalue weighted by molar-refractivity contribution is 0.965. The van der Waals surface area contributed by atoms with E-state index in [1.165, 1.54) is 16.7 Å². The lowest BCUT2D eigenvalue weighted by Crippen LogP contribution is -2.07. The summed E-state index contributed by atoms with van der Waals surface area (Å²) in [6.07, 6.45) is 0.780. The number of hydrogen-bond acceptors (Lipinski definition) is 4. The molecule has 0 aliphatic heterocycles. The van der Waals surface area contributed by atoms with Crippen molar-refractivity contribution in [3.05, 3.63) is 107 Å². The van der Waals surface area contributed by atoms with Crippen LogP contribution >= 0.6 is 0 Å². The van der Waals surface area contributed by atoms with Crippen LogP contribution in [0.2, 0.25) is 0 Å². The molecule has 2 N–H and O–H groups in total. The molecular formula is C27H28N4. The van der Waals surface area contributed by atoms with E-state index in [0.29, 0.717) is 0 Å². The molecule has 0 unspecified atom stereocenters. The SMILES string of the molecule is Cc1ccc(Cc2c(C)nc(C)nc2Nc2ccccc2Nc2ccc(C)cc2)cc1. The fourth-order valence-electron chi connectivity index (χ4n) is 3.58. The number of hydrogen-bond donors (Lipinski definition) is 2. The molecule has 4 heteroatoms. The van der Waals surface area contributed by atoms with Crippen molar-refractivity contribution in [1.29, 1.82) is 0 Å². The standard InChI is InChI=1S/C27H28N4/c1-18-9-13-22(14-10-18)17-24-20(3)28-21(4)29-27(24)31-26-8-6-5-7-25(26)30-23-15-11-19(2)12-16-23/h5-16,30H,17H2,1-4H3,(H,28,29,31). The molecule has 0 spiro atoms. The highest BCUT2D eigenvalue weighted by Crippen LogP contribution is 2.30. The summed E-state index contributed by atoms with van der Waals surface area (Å²) in [6, 6.07) is 25.2. The van der Waals surface area contributed by atoms with Crippen molar-refractivity contribution in [1.82, 2.24) is 9.97 Å². The zero-order valence-corrected chi connectivity index (χ0v) is 18.5. The summed E-state index contributed by atoms with van der Waals surface area (Å²) >= 11 is 0. The van der Waals surface area contributed by atoms with E-state index in [-0.39, 0.29) is 0 Å². The summed E-state index contributed by atoms with van der Waals surface area (Å²) < 4.78 is 0. The van der Waals surface area contributed by atoms with E-state index < -0.39 is 0 Å². The van der Waals surface area contributed by atoms with Crippen LogP contribution in [0, 0.1) is 27.7 Å². The van der Waals surface area contributed by atoms with Crippen LogP contribution in [0.4, 0.5) is 22.9 Å². The Bertz CT molecular complexity index is 1180. The van der Waals surface area contributed by atoms with Gasteiger partial charge in [-0.3, -0.25) is 0 Å². The van der Waals surface area contributed by atoms with Gasteiger partial charge in [-0.05, 0) is 57.5 Å². The Morgan fingerprint density at radius 3 is 1.87 bits per heavy atom. The Morgan fingerprint density at radius 2 is 1.23 bits per heavy atom. The average molecular weight is 409 g/mol. The van der Waals surface area contributed by atoms with E-state index in [1.54, 1.807) is 0 Å². The number of rotatable bonds is 6. The van der Waals surface area contributed by atoms with Crippen molar-refractivity contribution in [3.8, 4) is 0 Å². The topological polar surface area (TPSA) is 49.8 Å². The number of aryl methyl sites for hydroxylation is 4. The molecule has 156 valence electrons. The lowest BCUT2D eigenvalue weighted by atomic mass is 10.0. The summed E-state index contributed by atoms with van der Waals surface area (Å²) in [5.74, 6) is 1.61. The van der Waals surface area contributed by atoms with E-state index in [2.05, 4.69) is 97.1 Å². The normalized spacial score (nSPS) is 10.7. The van der Waals surface area contributed by atoms with Crippen LogP contribution in [0.25, 0.3) is 0 Å². The third-order valence-corrected chi connectivity index (χ3v) is 5.34. The molecule has 0 amide bonds. The van der Waals surface area contributed by atoms with Crippen molar-refractivity contribution in [3.63, 3.8) is 0 Å². The molecule has 0 atom stereocenters. The summed E-state index contributed by atoms with van der Waals surface area (Å²) in [5, 5.41) is 7.09. The molecule has 0 saturated carbocycles. The Hall–Kier alpha value is -3.66. The van der Waals surface area contributed by atoms with Crippen LogP contribution in [-0.4, -0.2) is 9.97 Å². The van der Waals surface area contributed by atoms with E-state index in [0.717, 1.165) is 46.4 Å². The monoisotopic (exact) mass is 408 g/mol. The van der Waals surface area contributed by atoms with Gasteiger partial charge < -0.3 is 10.6 Å². The van der Waals surface area contributed by atoms with Gasteiger partial charge in [-0.2, -0.15) is 0 Å². The number of anilines is 4. The van der Waals surface area contributed by atoms with E-state index >= 15 is 0 Å².